The van der Waals surface area contributed by atoms with Crippen molar-refractivity contribution in [2.75, 3.05) is 0 Å². The summed E-state index contributed by atoms with van der Waals surface area (Å²) in [6.07, 6.45) is -3.73. The molecule has 1 rings (SSSR count). The average Bonchev–Trinajstić information content (AvgIpc) is 2.35. The SMILES string of the molecule is O/N=C/c1ccc(C(F)(F)F)o1. The standard InChI is InChI=1S/C6H4F3NO2/c7-6(8,9)5-2-1-4(12-5)3-10-11/h1-3,11H/b10-3+. The smallest absolute Gasteiger partial charge is 0.449 e. The zero-order valence-corrected chi connectivity index (χ0v) is 5.67. The van der Waals surface area contributed by atoms with Crippen molar-refractivity contribution >= 4 is 6.21 Å². The zero-order chi connectivity index (χ0) is 9.19. The van der Waals surface area contributed by atoms with Gasteiger partial charge in [-0.1, -0.05) is 5.16 Å². The minimum Gasteiger partial charge on any atom is -0.450 e. The van der Waals surface area contributed by atoms with Crippen LogP contribution in [0.4, 0.5) is 13.2 Å². The highest BCUT2D eigenvalue weighted by atomic mass is 19.4. The fraction of sp³-hybridized carbons (Fsp3) is 0.167. The molecule has 0 fully saturated rings. The van der Waals surface area contributed by atoms with Gasteiger partial charge in [0.2, 0.25) is 5.76 Å². The molecule has 0 radical (unpaired) electrons. The van der Waals surface area contributed by atoms with Gasteiger partial charge in [0.05, 0.1) is 0 Å². The number of nitrogens with zero attached hydrogens (tertiary/aromatic N) is 1. The minimum atomic E-state index is -4.50. The summed E-state index contributed by atoms with van der Waals surface area (Å²) in [6.45, 7) is 0. The molecule has 0 atom stereocenters. The molecule has 0 amide bonds. The summed E-state index contributed by atoms with van der Waals surface area (Å²) in [6, 6.07) is 1.82. The van der Waals surface area contributed by atoms with Crippen LogP contribution in [0, 0.1) is 0 Å². The van der Waals surface area contributed by atoms with Crippen LogP contribution in [0.1, 0.15) is 11.5 Å². The summed E-state index contributed by atoms with van der Waals surface area (Å²) < 4.78 is 39.8. The summed E-state index contributed by atoms with van der Waals surface area (Å²) in [5.41, 5.74) is 0. The predicted molar refractivity (Wildman–Crippen MR) is 33.1 cm³/mol. The highest BCUT2D eigenvalue weighted by Crippen LogP contribution is 2.30. The fourth-order valence-corrected chi connectivity index (χ4v) is 0.631. The van der Waals surface area contributed by atoms with Crippen molar-refractivity contribution in [3.63, 3.8) is 0 Å². The van der Waals surface area contributed by atoms with Crippen molar-refractivity contribution in [1.82, 2.24) is 0 Å². The first-order valence-electron chi connectivity index (χ1n) is 2.88. The van der Waals surface area contributed by atoms with E-state index >= 15 is 0 Å². The maximum absolute atomic E-state index is 11.8. The molecule has 12 heavy (non-hydrogen) atoms. The Balaban J connectivity index is 2.92. The lowest BCUT2D eigenvalue weighted by molar-refractivity contribution is -0.153. The van der Waals surface area contributed by atoms with Crippen LogP contribution in [0.5, 0.6) is 0 Å². The Hall–Kier alpha value is -1.46. The Kier molecular flexibility index (Phi) is 2.07. The summed E-state index contributed by atoms with van der Waals surface area (Å²) in [7, 11) is 0. The Morgan fingerprint density at radius 2 is 2.08 bits per heavy atom. The van der Waals surface area contributed by atoms with Gasteiger partial charge < -0.3 is 9.62 Å². The summed E-state index contributed by atoms with van der Waals surface area (Å²) in [5, 5.41) is 10.5. The Labute approximate surface area is 65.1 Å². The maximum Gasteiger partial charge on any atom is 0.449 e. The van der Waals surface area contributed by atoms with Crippen LogP contribution in [0.25, 0.3) is 0 Å². The number of alkyl halides is 3. The van der Waals surface area contributed by atoms with Gasteiger partial charge in [-0.15, -0.1) is 0 Å². The van der Waals surface area contributed by atoms with Gasteiger partial charge in [-0.3, -0.25) is 0 Å². The van der Waals surface area contributed by atoms with Crippen molar-refractivity contribution in [2.45, 2.75) is 6.18 Å². The van der Waals surface area contributed by atoms with Crippen LogP contribution in [-0.2, 0) is 6.18 Å². The predicted octanol–water partition coefficient (Wildman–Crippen LogP) is 2.11. The van der Waals surface area contributed by atoms with Crippen LogP contribution < -0.4 is 0 Å². The first-order valence-corrected chi connectivity index (χ1v) is 2.88. The average molecular weight is 179 g/mol. The van der Waals surface area contributed by atoms with Crippen molar-refractivity contribution in [1.29, 1.82) is 0 Å². The monoisotopic (exact) mass is 179 g/mol. The van der Waals surface area contributed by atoms with Gasteiger partial charge in [-0.25, -0.2) is 0 Å². The molecule has 0 aliphatic carbocycles. The third kappa shape index (κ3) is 1.77. The molecular weight excluding hydrogens is 175 g/mol. The van der Waals surface area contributed by atoms with E-state index in [0.717, 1.165) is 18.3 Å². The molecule has 0 spiro atoms. The van der Waals surface area contributed by atoms with Gasteiger partial charge in [-0.2, -0.15) is 13.2 Å². The number of hydrogen-bond donors (Lipinski definition) is 1. The van der Waals surface area contributed by atoms with Crippen LogP contribution in [-0.4, -0.2) is 11.4 Å². The fourth-order valence-electron chi connectivity index (χ4n) is 0.631. The van der Waals surface area contributed by atoms with E-state index in [-0.39, 0.29) is 5.76 Å². The van der Waals surface area contributed by atoms with Crippen LogP contribution in [0.2, 0.25) is 0 Å². The van der Waals surface area contributed by atoms with Gasteiger partial charge in [0, 0.05) is 0 Å². The molecular formula is C6H4F3NO2. The van der Waals surface area contributed by atoms with E-state index in [1.54, 1.807) is 0 Å². The van der Waals surface area contributed by atoms with Crippen LogP contribution in [0.3, 0.4) is 0 Å². The second kappa shape index (κ2) is 2.88. The molecule has 1 aromatic heterocycles. The van der Waals surface area contributed by atoms with E-state index in [4.69, 9.17) is 5.21 Å². The lowest BCUT2D eigenvalue weighted by Crippen LogP contribution is -2.02. The lowest BCUT2D eigenvalue weighted by atomic mass is 10.4. The number of oxime groups is 1. The Morgan fingerprint density at radius 3 is 2.50 bits per heavy atom. The molecule has 0 bridgehead atoms. The quantitative estimate of drug-likeness (QED) is 0.407. The molecule has 0 unspecified atom stereocenters. The molecule has 0 saturated carbocycles. The molecule has 66 valence electrons. The number of hydrogen-bond acceptors (Lipinski definition) is 3. The normalized spacial score (nSPS) is 12.6. The molecule has 6 heteroatoms. The first kappa shape index (κ1) is 8.63. The Morgan fingerprint density at radius 1 is 1.42 bits per heavy atom. The van der Waals surface area contributed by atoms with Crippen LogP contribution in [0.15, 0.2) is 21.7 Å². The third-order valence-electron chi connectivity index (χ3n) is 1.09. The molecule has 1 heterocycles. The molecule has 1 aromatic rings. The largest absolute Gasteiger partial charge is 0.450 e. The summed E-state index contributed by atoms with van der Waals surface area (Å²) in [5.74, 6) is -1.26. The van der Waals surface area contributed by atoms with Crippen LogP contribution >= 0.6 is 0 Å². The van der Waals surface area contributed by atoms with Gasteiger partial charge in [0.25, 0.3) is 0 Å². The van der Waals surface area contributed by atoms with Crippen molar-refractivity contribution in [3.8, 4) is 0 Å². The van der Waals surface area contributed by atoms with Gasteiger partial charge in [0.15, 0.2) is 0 Å². The molecule has 0 aromatic carbocycles. The molecule has 3 nitrogen and oxygen atoms in total. The van der Waals surface area contributed by atoms with E-state index in [1.807, 2.05) is 0 Å². The van der Waals surface area contributed by atoms with Gasteiger partial charge in [0.1, 0.15) is 12.0 Å². The highest BCUT2D eigenvalue weighted by molar-refractivity contribution is 5.75. The van der Waals surface area contributed by atoms with Crippen molar-refractivity contribution < 1.29 is 22.8 Å². The zero-order valence-electron chi connectivity index (χ0n) is 5.67. The van der Waals surface area contributed by atoms with Gasteiger partial charge >= 0.3 is 6.18 Å². The molecule has 0 saturated heterocycles. The third-order valence-corrected chi connectivity index (χ3v) is 1.09. The van der Waals surface area contributed by atoms with E-state index < -0.39 is 11.9 Å². The summed E-state index contributed by atoms with van der Waals surface area (Å²) >= 11 is 0. The van der Waals surface area contributed by atoms with Crippen molar-refractivity contribution in [2.24, 2.45) is 5.16 Å². The number of furan rings is 1. The molecule has 0 aliphatic rings. The first-order chi connectivity index (χ1) is 5.54. The minimum absolute atomic E-state index is 0.148. The van der Waals surface area contributed by atoms with E-state index in [0.29, 0.717) is 0 Å². The Bertz CT molecular complexity index is 289. The molecule has 1 N–H and O–H groups in total. The second-order valence-corrected chi connectivity index (χ2v) is 1.94. The van der Waals surface area contributed by atoms with E-state index in [1.165, 1.54) is 0 Å². The number of halogens is 3. The molecule has 0 aliphatic heterocycles. The lowest BCUT2D eigenvalue weighted by Gasteiger charge is -1.99. The van der Waals surface area contributed by atoms with Gasteiger partial charge in [-0.05, 0) is 12.1 Å². The number of rotatable bonds is 1. The van der Waals surface area contributed by atoms with E-state index in [2.05, 4.69) is 9.57 Å². The second-order valence-electron chi connectivity index (χ2n) is 1.94. The summed E-state index contributed by atoms with van der Waals surface area (Å²) in [4.78, 5) is 0. The highest BCUT2D eigenvalue weighted by Gasteiger charge is 2.34. The van der Waals surface area contributed by atoms with Crippen molar-refractivity contribution in [3.05, 3.63) is 23.7 Å². The maximum atomic E-state index is 11.8. The van der Waals surface area contributed by atoms with E-state index in [9.17, 15) is 13.2 Å². The topological polar surface area (TPSA) is 45.7 Å².